The Morgan fingerprint density at radius 3 is 2.29 bits per heavy atom. The van der Waals surface area contributed by atoms with Crippen LogP contribution in [0.4, 0.5) is 0 Å². The van der Waals surface area contributed by atoms with E-state index in [0.717, 1.165) is 0 Å². The number of carbonyl (C=O) groups excluding carboxylic acids is 1. The average Bonchev–Trinajstić information content (AvgIpc) is 2.84. The highest BCUT2D eigenvalue weighted by molar-refractivity contribution is 5.94. The Morgan fingerprint density at radius 1 is 1.08 bits per heavy atom. The van der Waals surface area contributed by atoms with E-state index in [0.29, 0.717) is 0 Å². The summed E-state index contributed by atoms with van der Waals surface area (Å²) in [7, 11) is 1.35. The number of hydrogen-bond acceptors (Lipinski definition) is 6. The van der Waals surface area contributed by atoms with E-state index >= 15 is 0 Å². The Bertz CT molecular complexity index is 1040. The van der Waals surface area contributed by atoms with Gasteiger partial charge in [0.15, 0.2) is 16.9 Å². The Morgan fingerprint density at radius 2 is 1.71 bits per heavy atom. The zero-order valence-corrected chi connectivity index (χ0v) is 12.6. The lowest BCUT2D eigenvalue weighted by Gasteiger charge is -2.05. The molecule has 3 aromatic carbocycles. The van der Waals surface area contributed by atoms with Crippen LogP contribution in [0, 0.1) is 0 Å². The summed E-state index contributed by atoms with van der Waals surface area (Å²) < 4.78 is 4.92. The number of aromatic hydroxyl groups is 1. The molecule has 0 aliphatic carbocycles. The maximum absolute atomic E-state index is 12.1. The van der Waals surface area contributed by atoms with Crippen molar-refractivity contribution in [1.29, 1.82) is 0 Å². The molecule has 0 aliphatic heterocycles. The van der Waals surface area contributed by atoms with Gasteiger partial charge < -0.3 is 9.84 Å². The predicted octanol–water partition coefficient (Wildman–Crippen LogP) is 0.396. The lowest BCUT2D eigenvalue weighted by molar-refractivity contribution is 0.0952. The molecule has 0 bridgehead atoms. The van der Waals surface area contributed by atoms with Gasteiger partial charge in [0, 0.05) is 16.3 Å². The van der Waals surface area contributed by atoms with Gasteiger partial charge >= 0.3 is 0 Å². The lowest BCUT2D eigenvalue weighted by Crippen LogP contribution is -2.35. The van der Waals surface area contributed by atoms with Crippen molar-refractivity contribution in [1.82, 2.24) is 5.43 Å². The molecule has 7 nitrogen and oxygen atoms in total. The summed E-state index contributed by atoms with van der Waals surface area (Å²) in [4.78, 5) is 36.4. The largest absolute Gasteiger partial charge is 0.504 e. The molecule has 3 rings (SSSR count). The van der Waals surface area contributed by atoms with E-state index in [1.807, 2.05) is 0 Å². The van der Waals surface area contributed by atoms with E-state index in [1.165, 1.54) is 37.4 Å². The second kappa shape index (κ2) is 5.96. The van der Waals surface area contributed by atoms with Crippen molar-refractivity contribution >= 4 is 16.7 Å². The summed E-state index contributed by atoms with van der Waals surface area (Å²) in [6, 6.07) is 10.3. The SMILES string of the molecule is COc1cc(C(=O)NN=c2c(=O)c3ccccc3c2=O)ccc1O. The van der Waals surface area contributed by atoms with Crippen molar-refractivity contribution in [2.24, 2.45) is 5.10 Å². The lowest BCUT2D eigenvalue weighted by atomic mass is 10.2. The maximum atomic E-state index is 12.1. The average molecular weight is 324 g/mol. The summed E-state index contributed by atoms with van der Waals surface area (Å²) in [5.74, 6) is -0.634. The number of nitrogens with one attached hydrogen (secondary N) is 1. The summed E-state index contributed by atoms with van der Waals surface area (Å²) in [6.07, 6.45) is 0. The Balaban J connectivity index is 1.98. The van der Waals surface area contributed by atoms with Crippen LogP contribution < -0.4 is 26.4 Å². The number of methoxy groups -OCH3 is 1. The molecule has 2 N–H and O–H groups in total. The highest BCUT2D eigenvalue weighted by Gasteiger charge is 2.12. The van der Waals surface area contributed by atoms with E-state index in [1.54, 1.807) is 12.1 Å². The van der Waals surface area contributed by atoms with Crippen LogP contribution in [0.2, 0.25) is 0 Å². The number of ether oxygens (including phenoxy) is 1. The second-order valence-electron chi connectivity index (χ2n) is 4.99. The van der Waals surface area contributed by atoms with Crippen LogP contribution >= 0.6 is 0 Å². The zero-order valence-electron chi connectivity index (χ0n) is 12.6. The second-order valence-corrected chi connectivity index (χ2v) is 4.99. The highest BCUT2D eigenvalue weighted by atomic mass is 16.5. The van der Waals surface area contributed by atoms with Crippen LogP contribution in [0.1, 0.15) is 10.4 Å². The van der Waals surface area contributed by atoms with Gasteiger partial charge in [0.25, 0.3) is 5.91 Å². The molecule has 24 heavy (non-hydrogen) atoms. The van der Waals surface area contributed by atoms with Crippen molar-refractivity contribution in [3.05, 3.63) is 73.8 Å². The van der Waals surface area contributed by atoms with E-state index in [9.17, 15) is 19.5 Å². The summed E-state index contributed by atoms with van der Waals surface area (Å²) in [6.45, 7) is 0. The predicted molar refractivity (Wildman–Crippen MR) is 86.5 cm³/mol. The van der Waals surface area contributed by atoms with E-state index in [4.69, 9.17) is 4.74 Å². The fourth-order valence-electron chi connectivity index (χ4n) is 2.33. The molecule has 0 saturated heterocycles. The minimum atomic E-state index is -0.641. The molecule has 0 heterocycles. The van der Waals surface area contributed by atoms with E-state index < -0.39 is 16.8 Å². The van der Waals surface area contributed by atoms with Crippen LogP contribution in [-0.4, -0.2) is 18.1 Å². The number of phenols is 1. The van der Waals surface area contributed by atoms with Crippen LogP contribution in [0.3, 0.4) is 0 Å². The summed E-state index contributed by atoms with van der Waals surface area (Å²) >= 11 is 0. The summed E-state index contributed by atoms with van der Waals surface area (Å²) in [5, 5.41) is 13.4. The molecule has 0 atom stereocenters. The number of phenolic OH excluding ortho intramolecular Hbond substituents is 1. The third-order valence-electron chi connectivity index (χ3n) is 3.56. The monoisotopic (exact) mass is 324 g/mol. The van der Waals surface area contributed by atoms with Gasteiger partial charge in [-0.05, 0) is 18.2 Å². The normalized spacial score (nSPS) is 10.5. The fraction of sp³-hybridized carbons (Fsp3) is 0.0588. The van der Waals surface area contributed by atoms with E-state index in [2.05, 4.69) is 10.5 Å². The third kappa shape index (κ3) is 2.52. The maximum Gasteiger partial charge on any atom is 0.271 e. The first-order valence-electron chi connectivity index (χ1n) is 6.96. The number of amides is 1. The van der Waals surface area contributed by atoms with Crippen molar-refractivity contribution < 1.29 is 14.6 Å². The van der Waals surface area contributed by atoms with Crippen molar-refractivity contribution in [2.45, 2.75) is 0 Å². The molecule has 1 amide bonds. The van der Waals surface area contributed by atoms with Gasteiger partial charge in [-0.25, -0.2) is 5.43 Å². The molecule has 7 heteroatoms. The molecule has 0 radical (unpaired) electrons. The van der Waals surface area contributed by atoms with Gasteiger partial charge in [0.2, 0.25) is 10.9 Å². The van der Waals surface area contributed by atoms with Crippen molar-refractivity contribution in [2.75, 3.05) is 7.11 Å². The number of fused-ring (bicyclic) bond motifs is 1. The van der Waals surface area contributed by atoms with Crippen molar-refractivity contribution in [3.63, 3.8) is 0 Å². The number of rotatable bonds is 3. The molecule has 0 saturated carbocycles. The van der Waals surface area contributed by atoms with E-state index in [-0.39, 0.29) is 33.2 Å². The Kier molecular flexibility index (Phi) is 3.83. The molecular weight excluding hydrogens is 312 g/mol. The number of carbonyl (C=O) groups is 1. The molecule has 0 spiro atoms. The number of nitrogens with zero attached hydrogens (tertiary/aromatic N) is 1. The first-order valence-corrected chi connectivity index (χ1v) is 6.96. The van der Waals surface area contributed by atoms with Gasteiger partial charge in [-0.15, -0.1) is 0 Å². The fourth-order valence-corrected chi connectivity index (χ4v) is 2.33. The highest BCUT2D eigenvalue weighted by Crippen LogP contribution is 2.26. The van der Waals surface area contributed by atoms with Crippen LogP contribution in [0.5, 0.6) is 11.5 Å². The van der Waals surface area contributed by atoms with Crippen LogP contribution in [0.25, 0.3) is 10.8 Å². The quantitative estimate of drug-likeness (QED) is 0.678. The van der Waals surface area contributed by atoms with Crippen LogP contribution in [0.15, 0.2) is 57.2 Å². The third-order valence-corrected chi connectivity index (χ3v) is 3.56. The molecule has 3 aromatic rings. The molecule has 0 fully saturated rings. The smallest absolute Gasteiger partial charge is 0.271 e. The van der Waals surface area contributed by atoms with Gasteiger partial charge in [-0.2, -0.15) is 5.10 Å². The van der Waals surface area contributed by atoms with Crippen molar-refractivity contribution in [3.8, 4) is 11.5 Å². The standard InChI is InChI=1S/C17H12N2O5/c1-24-13-8-9(6-7-12(13)20)17(23)19-18-14-15(21)10-4-2-3-5-11(10)16(14)22/h2-8,20H,1H3,(H,19,23). The first kappa shape index (κ1) is 15.4. The Labute approximate surface area is 135 Å². The minimum absolute atomic E-state index is 0.114. The molecule has 120 valence electrons. The van der Waals surface area contributed by atoms with Gasteiger partial charge in [0.05, 0.1) is 7.11 Å². The van der Waals surface area contributed by atoms with Crippen LogP contribution in [-0.2, 0) is 0 Å². The minimum Gasteiger partial charge on any atom is -0.504 e. The number of hydrogen-bond donors (Lipinski definition) is 2. The van der Waals surface area contributed by atoms with Gasteiger partial charge in [-0.1, -0.05) is 24.3 Å². The van der Waals surface area contributed by atoms with Gasteiger partial charge in [0.1, 0.15) is 0 Å². The molecule has 0 aromatic heterocycles. The molecular formula is C17H12N2O5. The topological polar surface area (TPSA) is 105 Å². The molecule has 0 unspecified atom stereocenters. The Hall–Kier alpha value is -3.48. The molecule has 0 aliphatic rings. The zero-order chi connectivity index (χ0) is 17.3. The van der Waals surface area contributed by atoms with Gasteiger partial charge in [-0.3, -0.25) is 14.4 Å². The first-order chi connectivity index (χ1) is 11.5. The number of benzene rings is 2. The summed E-state index contributed by atoms with van der Waals surface area (Å²) in [5.41, 5.74) is 1.28.